The van der Waals surface area contributed by atoms with Crippen molar-refractivity contribution in [2.24, 2.45) is 16.7 Å². The van der Waals surface area contributed by atoms with Gasteiger partial charge >= 0.3 is 7.12 Å². The van der Waals surface area contributed by atoms with E-state index in [-0.39, 0.29) is 28.9 Å². The summed E-state index contributed by atoms with van der Waals surface area (Å²) < 4.78 is 41.0. The summed E-state index contributed by atoms with van der Waals surface area (Å²) in [5.74, 6) is 1.52. The van der Waals surface area contributed by atoms with Crippen molar-refractivity contribution in [3.63, 3.8) is 0 Å². The van der Waals surface area contributed by atoms with Gasteiger partial charge in [-0.2, -0.15) is 0 Å². The molecule has 5 fully saturated rings. The zero-order valence-electron chi connectivity index (χ0n) is 26.6. The minimum Gasteiger partial charge on any atom is -0.467 e. The summed E-state index contributed by atoms with van der Waals surface area (Å²) in [7, 11) is 1.07. The molecule has 222 valence electrons. The molecule has 1 saturated heterocycles. The van der Waals surface area contributed by atoms with E-state index in [4.69, 9.17) is 18.8 Å². The van der Waals surface area contributed by atoms with E-state index in [0.717, 1.165) is 47.2 Å². The Labute approximate surface area is 246 Å². The van der Waals surface area contributed by atoms with Gasteiger partial charge in [-0.05, 0) is 118 Å². The van der Waals surface area contributed by atoms with Crippen molar-refractivity contribution in [3.8, 4) is 16.9 Å². The SMILES string of the molecule is COCOc1c(-c2ccc(C(C)C)cc2B2OC(C)(C)C(C)(C)O2)cc(F)cc1[C@@]12C[C@@H]3C[C@@](C)(C[C@@](C)(C3)C1)C2. The standard InChI is InChI=1S/C35H48BFO4/c1-22(2)24-10-11-26(29(12-24)36-40-31(3,4)32(5,6)41-36)27-13-25(37)14-28(30(27)39-21-38-9)35-17-23-15-33(7,19-35)18-34(8,16-23)20-35/h10-14,22-23H,15-21H2,1-9H3/t23-,33+,34-,35-. The summed E-state index contributed by atoms with van der Waals surface area (Å²) in [6.45, 7) is 17.7. The highest BCUT2D eigenvalue weighted by atomic mass is 19.1. The van der Waals surface area contributed by atoms with E-state index in [9.17, 15) is 0 Å². The van der Waals surface area contributed by atoms with Gasteiger partial charge in [0.2, 0.25) is 0 Å². The van der Waals surface area contributed by atoms with E-state index >= 15 is 4.39 Å². The topological polar surface area (TPSA) is 36.9 Å². The largest absolute Gasteiger partial charge is 0.495 e. The van der Waals surface area contributed by atoms with E-state index in [1.54, 1.807) is 19.2 Å². The first-order chi connectivity index (χ1) is 19.1. The minimum atomic E-state index is -0.576. The lowest BCUT2D eigenvalue weighted by atomic mass is 9.39. The van der Waals surface area contributed by atoms with Crippen LogP contribution in [0.25, 0.3) is 11.1 Å². The Morgan fingerprint density at radius 1 is 0.878 bits per heavy atom. The van der Waals surface area contributed by atoms with Crippen LogP contribution in [0.3, 0.4) is 0 Å². The molecule has 6 heteroatoms. The Morgan fingerprint density at radius 2 is 1.51 bits per heavy atom. The number of rotatable bonds is 7. The van der Waals surface area contributed by atoms with E-state index in [0.29, 0.717) is 11.8 Å². The van der Waals surface area contributed by atoms with Crippen LogP contribution in [0, 0.1) is 22.6 Å². The summed E-state index contributed by atoms with van der Waals surface area (Å²) in [6.07, 6.45) is 7.08. The predicted molar refractivity (Wildman–Crippen MR) is 163 cm³/mol. The highest BCUT2D eigenvalue weighted by Gasteiger charge is 2.61. The Morgan fingerprint density at radius 3 is 2.07 bits per heavy atom. The molecule has 41 heavy (non-hydrogen) atoms. The first-order valence-corrected chi connectivity index (χ1v) is 15.5. The number of benzene rings is 2. The Hall–Kier alpha value is -1.89. The van der Waals surface area contributed by atoms with E-state index in [1.807, 2.05) is 0 Å². The van der Waals surface area contributed by atoms with Crippen LogP contribution in [0.4, 0.5) is 4.39 Å². The van der Waals surface area contributed by atoms with Crippen LogP contribution in [0.15, 0.2) is 30.3 Å². The van der Waals surface area contributed by atoms with Gasteiger partial charge in [0.1, 0.15) is 11.6 Å². The lowest BCUT2D eigenvalue weighted by Crippen LogP contribution is -2.57. The quantitative estimate of drug-likeness (QED) is 0.252. The normalized spacial score (nSPS) is 33.1. The lowest BCUT2D eigenvalue weighted by molar-refractivity contribution is -0.110. The molecule has 0 spiro atoms. The molecule has 0 unspecified atom stereocenters. The molecule has 4 aliphatic carbocycles. The zero-order valence-corrected chi connectivity index (χ0v) is 26.6. The van der Waals surface area contributed by atoms with Crippen LogP contribution in [0.2, 0.25) is 0 Å². The van der Waals surface area contributed by atoms with Gasteiger partial charge in [0.15, 0.2) is 6.79 Å². The molecular formula is C35H48BFO4. The zero-order chi connectivity index (χ0) is 29.6. The molecular weight excluding hydrogens is 514 g/mol. The third kappa shape index (κ3) is 4.86. The highest BCUT2D eigenvalue weighted by molar-refractivity contribution is 6.64. The molecule has 0 amide bonds. The molecule has 4 nitrogen and oxygen atoms in total. The molecule has 7 rings (SSSR count). The maximum atomic E-state index is 15.9. The fourth-order valence-electron chi connectivity index (χ4n) is 9.56. The summed E-state index contributed by atoms with van der Waals surface area (Å²) in [4.78, 5) is 0. The predicted octanol–water partition coefficient (Wildman–Crippen LogP) is 8.15. The van der Waals surface area contributed by atoms with Gasteiger partial charge in [-0.1, -0.05) is 45.9 Å². The molecule has 1 heterocycles. The van der Waals surface area contributed by atoms with Gasteiger partial charge in [-0.15, -0.1) is 0 Å². The smallest absolute Gasteiger partial charge is 0.467 e. The second-order valence-corrected chi connectivity index (χ2v) is 15.9. The van der Waals surface area contributed by atoms with Gasteiger partial charge < -0.3 is 18.8 Å². The van der Waals surface area contributed by atoms with Crippen molar-refractivity contribution in [2.45, 2.75) is 116 Å². The highest BCUT2D eigenvalue weighted by Crippen LogP contribution is 2.70. The summed E-state index contributed by atoms with van der Waals surface area (Å²) in [5.41, 5.74) is 4.24. The van der Waals surface area contributed by atoms with Crippen molar-refractivity contribution in [1.82, 2.24) is 0 Å². The van der Waals surface area contributed by atoms with Crippen molar-refractivity contribution in [2.75, 3.05) is 13.9 Å². The fourth-order valence-corrected chi connectivity index (χ4v) is 9.56. The fraction of sp³-hybridized carbons (Fsp3) is 0.657. The minimum absolute atomic E-state index is 0.106. The Kier molecular flexibility index (Phi) is 6.81. The average molecular weight is 563 g/mol. The van der Waals surface area contributed by atoms with Crippen LogP contribution in [-0.2, 0) is 19.5 Å². The van der Waals surface area contributed by atoms with Gasteiger partial charge in [-0.25, -0.2) is 4.39 Å². The van der Waals surface area contributed by atoms with Crippen LogP contribution in [-0.4, -0.2) is 32.2 Å². The Balaban J connectivity index is 1.55. The first kappa shape index (κ1) is 29.2. The van der Waals surface area contributed by atoms with Crippen LogP contribution >= 0.6 is 0 Å². The number of methoxy groups -OCH3 is 1. The van der Waals surface area contributed by atoms with Crippen LogP contribution < -0.4 is 10.2 Å². The van der Waals surface area contributed by atoms with Gasteiger partial charge in [0.05, 0.1) is 11.2 Å². The maximum Gasteiger partial charge on any atom is 0.495 e. The third-order valence-corrected chi connectivity index (χ3v) is 11.1. The maximum absolute atomic E-state index is 15.9. The third-order valence-electron chi connectivity index (χ3n) is 11.1. The molecule has 5 aliphatic rings. The van der Waals surface area contributed by atoms with Crippen LogP contribution in [0.5, 0.6) is 5.75 Å². The monoisotopic (exact) mass is 562 g/mol. The van der Waals surface area contributed by atoms with E-state index in [1.165, 1.54) is 24.8 Å². The molecule has 2 aromatic carbocycles. The molecule has 0 aromatic heterocycles. The Bertz CT molecular complexity index is 1320. The summed E-state index contributed by atoms with van der Waals surface area (Å²) in [5, 5.41) is 0. The average Bonchev–Trinajstić information content (AvgIpc) is 3.06. The van der Waals surface area contributed by atoms with Crippen molar-refractivity contribution in [1.29, 1.82) is 0 Å². The van der Waals surface area contributed by atoms with Gasteiger partial charge in [0.25, 0.3) is 0 Å². The van der Waals surface area contributed by atoms with Gasteiger partial charge in [-0.3, -0.25) is 0 Å². The van der Waals surface area contributed by atoms with Crippen LogP contribution in [0.1, 0.15) is 111 Å². The van der Waals surface area contributed by atoms with E-state index < -0.39 is 18.3 Å². The van der Waals surface area contributed by atoms with Crippen molar-refractivity contribution >= 4 is 12.6 Å². The number of hydrogen-bond acceptors (Lipinski definition) is 4. The second-order valence-electron chi connectivity index (χ2n) is 15.9. The first-order valence-electron chi connectivity index (χ1n) is 15.5. The van der Waals surface area contributed by atoms with Crippen molar-refractivity contribution < 1.29 is 23.2 Å². The van der Waals surface area contributed by atoms with Gasteiger partial charge in [0, 0.05) is 23.7 Å². The molecule has 4 bridgehead atoms. The summed E-state index contributed by atoms with van der Waals surface area (Å²) in [6, 6.07) is 9.84. The number of halogens is 1. The lowest BCUT2D eigenvalue weighted by Gasteiger charge is -2.65. The molecule has 2 aromatic rings. The number of hydrogen-bond donors (Lipinski definition) is 0. The second kappa shape index (κ2) is 9.56. The number of ether oxygens (including phenoxy) is 2. The van der Waals surface area contributed by atoms with Crippen molar-refractivity contribution in [3.05, 3.63) is 47.3 Å². The molecule has 1 aliphatic heterocycles. The molecule has 4 atom stereocenters. The van der Waals surface area contributed by atoms with E-state index in [2.05, 4.69) is 73.6 Å². The molecule has 4 saturated carbocycles. The molecule has 0 radical (unpaired) electrons. The molecule has 0 N–H and O–H groups in total. The summed E-state index contributed by atoms with van der Waals surface area (Å²) >= 11 is 0.